The van der Waals surface area contributed by atoms with Gasteiger partial charge < -0.3 is 14.4 Å². The van der Waals surface area contributed by atoms with Gasteiger partial charge in [0.2, 0.25) is 5.91 Å². The van der Waals surface area contributed by atoms with Crippen LogP contribution in [0.1, 0.15) is 44.1 Å². The van der Waals surface area contributed by atoms with Crippen molar-refractivity contribution in [2.24, 2.45) is 0 Å². The van der Waals surface area contributed by atoms with E-state index in [0.717, 1.165) is 30.6 Å². The second kappa shape index (κ2) is 8.06. The number of benzene rings is 1. The van der Waals surface area contributed by atoms with Gasteiger partial charge in [-0.1, -0.05) is 25.3 Å². The molecule has 0 saturated heterocycles. The van der Waals surface area contributed by atoms with Crippen molar-refractivity contribution in [2.45, 2.75) is 51.0 Å². The summed E-state index contributed by atoms with van der Waals surface area (Å²) in [6.07, 6.45) is 7.38. The maximum absolute atomic E-state index is 12.4. The Labute approximate surface area is 133 Å². The first-order valence-electron chi connectivity index (χ1n) is 8.12. The van der Waals surface area contributed by atoms with Gasteiger partial charge in [-0.3, -0.25) is 4.79 Å². The highest BCUT2D eigenvalue weighted by atomic mass is 16.5. The molecule has 0 bridgehead atoms. The summed E-state index contributed by atoms with van der Waals surface area (Å²) in [5.41, 5.74) is 1.10. The third-order valence-electron chi connectivity index (χ3n) is 4.59. The number of ether oxygens (including phenoxy) is 2. The fourth-order valence-electron chi connectivity index (χ4n) is 3.14. The van der Waals surface area contributed by atoms with Crippen molar-refractivity contribution in [2.75, 3.05) is 21.3 Å². The van der Waals surface area contributed by atoms with Crippen LogP contribution in [0, 0.1) is 0 Å². The normalized spacial score (nSPS) is 15.4. The van der Waals surface area contributed by atoms with Crippen molar-refractivity contribution in [3.8, 4) is 11.5 Å². The van der Waals surface area contributed by atoms with E-state index in [2.05, 4.69) is 0 Å². The molecule has 1 fully saturated rings. The largest absolute Gasteiger partial charge is 0.493 e. The molecule has 2 rings (SSSR count). The highest BCUT2D eigenvalue weighted by Crippen LogP contribution is 2.28. The van der Waals surface area contributed by atoms with Crippen LogP contribution < -0.4 is 9.47 Å². The van der Waals surface area contributed by atoms with Crippen molar-refractivity contribution in [1.29, 1.82) is 0 Å². The molecular formula is C18H27NO3. The van der Waals surface area contributed by atoms with E-state index in [4.69, 9.17) is 9.47 Å². The van der Waals surface area contributed by atoms with Gasteiger partial charge in [0.1, 0.15) is 0 Å². The van der Waals surface area contributed by atoms with E-state index in [1.54, 1.807) is 14.2 Å². The lowest BCUT2D eigenvalue weighted by Gasteiger charge is -2.31. The molecular weight excluding hydrogens is 278 g/mol. The molecule has 1 saturated carbocycles. The van der Waals surface area contributed by atoms with Crippen LogP contribution in [0.2, 0.25) is 0 Å². The van der Waals surface area contributed by atoms with E-state index in [1.165, 1.54) is 19.3 Å². The first-order valence-corrected chi connectivity index (χ1v) is 8.12. The second-order valence-electron chi connectivity index (χ2n) is 5.99. The molecule has 122 valence electrons. The highest BCUT2D eigenvalue weighted by Gasteiger charge is 2.21. The van der Waals surface area contributed by atoms with Crippen molar-refractivity contribution in [3.63, 3.8) is 0 Å². The lowest BCUT2D eigenvalue weighted by atomic mass is 9.94. The van der Waals surface area contributed by atoms with E-state index in [0.29, 0.717) is 18.2 Å². The van der Waals surface area contributed by atoms with Gasteiger partial charge in [-0.25, -0.2) is 0 Å². The van der Waals surface area contributed by atoms with Crippen LogP contribution in [-0.4, -0.2) is 38.1 Å². The number of amides is 1. The third kappa shape index (κ3) is 4.15. The van der Waals surface area contributed by atoms with Crippen LogP contribution >= 0.6 is 0 Å². The first kappa shape index (κ1) is 16.7. The molecule has 0 unspecified atom stereocenters. The van der Waals surface area contributed by atoms with E-state index in [-0.39, 0.29) is 5.91 Å². The maximum atomic E-state index is 12.4. The third-order valence-corrected chi connectivity index (χ3v) is 4.59. The minimum absolute atomic E-state index is 0.238. The number of rotatable bonds is 6. The van der Waals surface area contributed by atoms with Crippen molar-refractivity contribution >= 4 is 5.91 Å². The molecule has 4 heteroatoms. The number of hydrogen-bond acceptors (Lipinski definition) is 3. The molecule has 0 spiro atoms. The number of carbonyl (C=O) groups is 1. The average molecular weight is 305 g/mol. The molecule has 0 N–H and O–H groups in total. The Balaban J connectivity index is 1.90. The SMILES string of the molecule is COc1ccc(CCC(=O)N(C)C2CCCCC2)cc1OC. The lowest BCUT2D eigenvalue weighted by molar-refractivity contribution is -0.132. The summed E-state index contributed by atoms with van der Waals surface area (Å²) >= 11 is 0. The van der Waals surface area contributed by atoms with Gasteiger partial charge in [0.25, 0.3) is 0 Å². The standard InChI is InChI=1S/C18H27NO3/c1-19(15-7-5-4-6-8-15)18(20)12-10-14-9-11-16(21-2)17(13-14)22-3/h9,11,13,15H,4-8,10,12H2,1-3H3. The number of aryl methyl sites for hydroxylation is 1. The molecule has 4 nitrogen and oxygen atoms in total. The molecule has 1 aliphatic rings. The molecule has 1 aromatic carbocycles. The summed E-state index contributed by atoms with van der Waals surface area (Å²) in [7, 11) is 5.21. The van der Waals surface area contributed by atoms with E-state index in [1.807, 2.05) is 30.1 Å². The topological polar surface area (TPSA) is 38.8 Å². The first-order chi connectivity index (χ1) is 10.7. The number of methoxy groups -OCH3 is 2. The van der Waals surface area contributed by atoms with Gasteiger partial charge >= 0.3 is 0 Å². The molecule has 0 heterocycles. The Morgan fingerprint density at radius 2 is 1.82 bits per heavy atom. The zero-order chi connectivity index (χ0) is 15.9. The summed E-state index contributed by atoms with van der Waals surface area (Å²) in [4.78, 5) is 14.3. The lowest BCUT2D eigenvalue weighted by Crippen LogP contribution is -2.38. The Hall–Kier alpha value is -1.71. The van der Waals surface area contributed by atoms with Crippen LogP contribution in [-0.2, 0) is 11.2 Å². The number of carbonyl (C=O) groups excluding carboxylic acids is 1. The van der Waals surface area contributed by atoms with E-state index >= 15 is 0 Å². The smallest absolute Gasteiger partial charge is 0.222 e. The van der Waals surface area contributed by atoms with Crippen molar-refractivity contribution in [1.82, 2.24) is 4.90 Å². The van der Waals surface area contributed by atoms with Crippen LogP contribution in [0.4, 0.5) is 0 Å². The second-order valence-corrected chi connectivity index (χ2v) is 5.99. The maximum Gasteiger partial charge on any atom is 0.222 e. The minimum atomic E-state index is 0.238. The van der Waals surface area contributed by atoms with Gasteiger partial charge in [0, 0.05) is 19.5 Å². The molecule has 22 heavy (non-hydrogen) atoms. The Morgan fingerprint density at radius 3 is 2.45 bits per heavy atom. The van der Waals surface area contributed by atoms with Gasteiger partial charge in [-0.2, -0.15) is 0 Å². The van der Waals surface area contributed by atoms with Crippen LogP contribution in [0.5, 0.6) is 11.5 Å². The number of nitrogens with zero attached hydrogens (tertiary/aromatic N) is 1. The van der Waals surface area contributed by atoms with E-state index < -0.39 is 0 Å². The fraction of sp³-hybridized carbons (Fsp3) is 0.611. The van der Waals surface area contributed by atoms with Crippen molar-refractivity contribution < 1.29 is 14.3 Å². The van der Waals surface area contributed by atoms with Gasteiger partial charge in [-0.05, 0) is 37.0 Å². The molecule has 1 aromatic rings. The summed E-state index contributed by atoms with van der Waals surface area (Å²) in [6.45, 7) is 0. The molecule has 0 aromatic heterocycles. The molecule has 1 amide bonds. The van der Waals surface area contributed by atoms with Gasteiger partial charge in [0.15, 0.2) is 11.5 Å². The summed E-state index contributed by atoms with van der Waals surface area (Å²) in [5, 5.41) is 0. The zero-order valence-electron chi connectivity index (χ0n) is 13.9. The summed E-state index contributed by atoms with van der Waals surface area (Å²) in [5.74, 6) is 1.67. The predicted octanol–water partition coefficient (Wildman–Crippen LogP) is 3.43. The molecule has 0 atom stereocenters. The average Bonchev–Trinajstić information content (AvgIpc) is 2.59. The summed E-state index contributed by atoms with van der Waals surface area (Å²) < 4.78 is 10.5. The van der Waals surface area contributed by atoms with Crippen LogP contribution in [0.3, 0.4) is 0 Å². The Bertz CT molecular complexity index is 495. The Kier molecular flexibility index (Phi) is 6.10. The summed E-state index contributed by atoms with van der Waals surface area (Å²) in [6, 6.07) is 6.28. The van der Waals surface area contributed by atoms with E-state index in [9.17, 15) is 4.79 Å². The van der Waals surface area contributed by atoms with Gasteiger partial charge in [0.05, 0.1) is 14.2 Å². The quantitative estimate of drug-likeness (QED) is 0.808. The monoisotopic (exact) mass is 305 g/mol. The van der Waals surface area contributed by atoms with Crippen molar-refractivity contribution in [3.05, 3.63) is 23.8 Å². The molecule has 1 aliphatic carbocycles. The predicted molar refractivity (Wildman–Crippen MR) is 87.5 cm³/mol. The molecule has 0 aliphatic heterocycles. The fourth-order valence-corrected chi connectivity index (χ4v) is 3.14. The minimum Gasteiger partial charge on any atom is -0.493 e. The highest BCUT2D eigenvalue weighted by molar-refractivity contribution is 5.76. The van der Waals surface area contributed by atoms with Crippen LogP contribution in [0.25, 0.3) is 0 Å². The number of hydrogen-bond donors (Lipinski definition) is 0. The van der Waals surface area contributed by atoms with Gasteiger partial charge in [-0.15, -0.1) is 0 Å². The Morgan fingerprint density at radius 1 is 1.14 bits per heavy atom. The molecule has 0 radical (unpaired) electrons. The zero-order valence-corrected chi connectivity index (χ0v) is 13.9. The van der Waals surface area contributed by atoms with Crippen LogP contribution in [0.15, 0.2) is 18.2 Å².